The van der Waals surface area contributed by atoms with Crippen molar-refractivity contribution in [2.75, 3.05) is 0 Å². The molecule has 2 aromatic heterocycles. The zero-order chi connectivity index (χ0) is 10.7. The minimum Gasteiger partial charge on any atom is -0.506 e. The van der Waals surface area contributed by atoms with E-state index >= 15 is 0 Å². The summed E-state index contributed by atoms with van der Waals surface area (Å²) >= 11 is 0. The molecule has 0 spiro atoms. The SMILES string of the molecule is CCn1ccnc1Cc1cncc(O)c1. The highest BCUT2D eigenvalue weighted by atomic mass is 16.3. The van der Waals surface area contributed by atoms with Crippen LogP contribution in [0.1, 0.15) is 18.3 Å². The Labute approximate surface area is 88.2 Å². The summed E-state index contributed by atoms with van der Waals surface area (Å²) in [6.45, 7) is 2.98. The Hall–Kier alpha value is -1.84. The average molecular weight is 203 g/mol. The number of imidazole rings is 1. The Kier molecular flexibility index (Phi) is 2.67. The zero-order valence-electron chi connectivity index (χ0n) is 8.59. The number of aryl methyl sites for hydroxylation is 1. The molecule has 0 aliphatic rings. The van der Waals surface area contributed by atoms with Crippen molar-refractivity contribution in [1.29, 1.82) is 0 Å². The van der Waals surface area contributed by atoms with E-state index in [1.54, 1.807) is 18.5 Å². The van der Waals surface area contributed by atoms with Gasteiger partial charge in [-0.05, 0) is 18.6 Å². The molecule has 4 heteroatoms. The van der Waals surface area contributed by atoms with Gasteiger partial charge in [-0.25, -0.2) is 4.98 Å². The summed E-state index contributed by atoms with van der Waals surface area (Å²) in [6, 6.07) is 1.71. The van der Waals surface area contributed by atoms with Crippen LogP contribution < -0.4 is 0 Å². The van der Waals surface area contributed by atoms with E-state index in [9.17, 15) is 5.11 Å². The van der Waals surface area contributed by atoms with Crippen molar-refractivity contribution < 1.29 is 5.11 Å². The molecule has 0 saturated carbocycles. The molecule has 2 heterocycles. The Bertz CT molecular complexity index is 451. The largest absolute Gasteiger partial charge is 0.506 e. The van der Waals surface area contributed by atoms with Gasteiger partial charge in [0.15, 0.2) is 0 Å². The molecule has 78 valence electrons. The molecule has 0 bridgehead atoms. The zero-order valence-corrected chi connectivity index (χ0v) is 8.59. The van der Waals surface area contributed by atoms with Gasteiger partial charge in [-0.3, -0.25) is 4.98 Å². The second-order valence-electron chi connectivity index (χ2n) is 3.36. The lowest BCUT2D eigenvalue weighted by atomic mass is 10.2. The Morgan fingerprint density at radius 2 is 2.27 bits per heavy atom. The molecule has 0 aromatic carbocycles. The van der Waals surface area contributed by atoms with Gasteiger partial charge in [0, 0.05) is 31.6 Å². The van der Waals surface area contributed by atoms with Crippen LogP contribution in [-0.2, 0) is 13.0 Å². The third-order valence-corrected chi connectivity index (χ3v) is 2.29. The predicted molar refractivity (Wildman–Crippen MR) is 56.6 cm³/mol. The number of rotatable bonds is 3. The van der Waals surface area contributed by atoms with Crippen LogP contribution >= 0.6 is 0 Å². The van der Waals surface area contributed by atoms with Gasteiger partial charge in [-0.2, -0.15) is 0 Å². The number of aromatic hydroxyl groups is 1. The topological polar surface area (TPSA) is 50.9 Å². The van der Waals surface area contributed by atoms with Gasteiger partial charge in [0.25, 0.3) is 0 Å². The van der Waals surface area contributed by atoms with Crippen LogP contribution in [-0.4, -0.2) is 19.6 Å². The van der Waals surface area contributed by atoms with Crippen molar-refractivity contribution in [3.05, 3.63) is 42.2 Å². The van der Waals surface area contributed by atoms with Crippen LogP contribution in [0, 0.1) is 0 Å². The third kappa shape index (κ3) is 2.15. The first-order chi connectivity index (χ1) is 7.29. The first kappa shape index (κ1) is 9.71. The molecule has 2 aromatic rings. The van der Waals surface area contributed by atoms with Gasteiger partial charge in [0.05, 0.1) is 6.20 Å². The molecular formula is C11H13N3O. The Balaban J connectivity index is 2.22. The molecule has 0 fully saturated rings. The molecular weight excluding hydrogens is 190 g/mol. The lowest BCUT2D eigenvalue weighted by Crippen LogP contribution is -2.01. The van der Waals surface area contributed by atoms with Crippen molar-refractivity contribution >= 4 is 0 Å². The maximum atomic E-state index is 9.28. The van der Waals surface area contributed by atoms with E-state index in [0.29, 0.717) is 6.42 Å². The maximum Gasteiger partial charge on any atom is 0.134 e. The molecule has 0 aliphatic heterocycles. The molecule has 4 nitrogen and oxygen atoms in total. The first-order valence-electron chi connectivity index (χ1n) is 4.92. The predicted octanol–water partition coefficient (Wildman–Crippen LogP) is 1.59. The number of hydrogen-bond acceptors (Lipinski definition) is 3. The van der Waals surface area contributed by atoms with Crippen LogP contribution in [0.5, 0.6) is 5.75 Å². The fraction of sp³-hybridized carbons (Fsp3) is 0.273. The van der Waals surface area contributed by atoms with Crippen molar-refractivity contribution in [3.63, 3.8) is 0 Å². The van der Waals surface area contributed by atoms with Gasteiger partial charge in [-0.15, -0.1) is 0 Å². The van der Waals surface area contributed by atoms with Crippen LogP contribution in [0.3, 0.4) is 0 Å². The second-order valence-corrected chi connectivity index (χ2v) is 3.36. The van der Waals surface area contributed by atoms with Crippen LogP contribution in [0.15, 0.2) is 30.9 Å². The van der Waals surface area contributed by atoms with Crippen molar-refractivity contribution in [2.45, 2.75) is 19.9 Å². The molecule has 0 radical (unpaired) electrons. The lowest BCUT2D eigenvalue weighted by Gasteiger charge is -2.04. The van der Waals surface area contributed by atoms with Gasteiger partial charge >= 0.3 is 0 Å². The Morgan fingerprint density at radius 1 is 1.40 bits per heavy atom. The molecule has 2 rings (SSSR count). The van der Waals surface area contributed by atoms with Crippen molar-refractivity contribution in [2.24, 2.45) is 0 Å². The summed E-state index contributed by atoms with van der Waals surface area (Å²) in [6.07, 6.45) is 7.60. The van der Waals surface area contributed by atoms with Crippen LogP contribution in [0.4, 0.5) is 0 Å². The molecule has 0 amide bonds. The van der Waals surface area contributed by atoms with Crippen molar-refractivity contribution in [3.8, 4) is 5.75 Å². The van der Waals surface area contributed by atoms with Crippen molar-refractivity contribution in [1.82, 2.24) is 14.5 Å². The highest BCUT2D eigenvalue weighted by molar-refractivity contribution is 5.24. The fourth-order valence-electron chi connectivity index (χ4n) is 1.55. The number of nitrogens with zero attached hydrogens (tertiary/aromatic N) is 3. The second kappa shape index (κ2) is 4.13. The van der Waals surface area contributed by atoms with Crippen LogP contribution in [0.2, 0.25) is 0 Å². The van der Waals surface area contributed by atoms with Gasteiger partial charge in [-0.1, -0.05) is 0 Å². The van der Waals surface area contributed by atoms with E-state index in [1.807, 2.05) is 6.20 Å². The summed E-state index contributed by atoms with van der Waals surface area (Å²) in [7, 11) is 0. The minimum atomic E-state index is 0.196. The molecule has 0 saturated heterocycles. The summed E-state index contributed by atoms with van der Waals surface area (Å²) in [5.74, 6) is 1.19. The first-order valence-corrected chi connectivity index (χ1v) is 4.92. The number of hydrogen-bond donors (Lipinski definition) is 1. The van der Waals surface area contributed by atoms with E-state index in [2.05, 4.69) is 21.5 Å². The highest BCUT2D eigenvalue weighted by Crippen LogP contribution is 2.12. The fourth-order valence-corrected chi connectivity index (χ4v) is 1.55. The summed E-state index contributed by atoms with van der Waals surface area (Å²) in [5, 5.41) is 9.28. The molecule has 15 heavy (non-hydrogen) atoms. The standard InChI is InChI=1S/C11H13N3O/c1-2-14-4-3-13-11(14)6-9-5-10(15)8-12-7-9/h3-5,7-8,15H,2,6H2,1H3. The molecule has 0 aliphatic carbocycles. The quantitative estimate of drug-likeness (QED) is 0.824. The molecule has 0 atom stereocenters. The van der Waals surface area contributed by atoms with Gasteiger partial charge < -0.3 is 9.67 Å². The van der Waals surface area contributed by atoms with E-state index in [0.717, 1.165) is 17.9 Å². The Morgan fingerprint density at radius 3 is 3.00 bits per heavy atom. The summed E-state index contributed by atoms with van der Waals surface area (Å²) in [4.78, 5) is 8.20. The van der Waals surface area contributed by atoms with E-state index in [1.165, 1.54) is 6.20 Å². The van der Waals surface area contributed by atoms with E-state index in [-0.39, 0.29) is 5.75 Å². The normalized spacial score (nSPS) is 10.5. The van der Waals surface area contributed by atoms with E-state index < -0.39 is 0 Å². The highest BCUT2D eigenvalue weighted by Gasteiger charge is 2.03. The van der Waals surface area contributed by atoms with Gasteiger partial charge in [0.1, 0.15) is 11.6 Å². The number of pyridine rings is 1. The molecule has 1 N–H and O–H groups in total. The summed E-state index contributed by atoms with van der Waals surface area (Å²) < 4.78 is 2.07. The maximum absolute atomic E-state index is 9.28. The van der Waals surface area contributed by atoms with Gasteiger partial charge in [0.2, 0.25) is 0 Å². The monoisotopic (exact) mass is 203 g/mol. The summed E-state index contributed by atoms with van der Waals surface area (Å²) in [5.41, 5.74) is 0.968. The molecule has 0 unspecified atom stereocenters. The minimum absolute atomic E-state index is 0.196. The number of aromatic nitrogens is 3. The smallest absolute Gasteiger partial charge is 0.134 e. The lowest BCUT2D eigenvalue weighted by molar-refractivity contribution is 0.472. The average Bonchev–Trinajstić information content (AvgIpc) is 2.65. The third-order valence-electron chi connectivity index (χ3n) is 2.29. The van der Waals surface area contributed by atoms with E-state index in [4.69, 9.17) is 0 Å². The van der Waals surface area contributed by atoms with Crippen LogP contribution in [0.25, 0.3) is 0 Å².